The van der Waals surface area contributed by atoms with Crippen LogP contribution in [0, 0.1) is 5.92 Å². The van der Waals surface area contributed by atoms with Crippen LogP contribution in [0.1, 0.15) is 6.42 Å². The van der Waals surface area contributed by atoms with E-state index in [1.807, 2.05) is 0 Å². The number of hydrogen-bond donors (Lipinski definition) is 1. The van der Waals surface area contributed by atoms with Crippen molar-refractivity contribution >= 4 is 27.5 Å². The molecule has 0 aliphatic carbocycles. The summed E-state index contributed by atoms with van der Waals surface area (Å²) in [6.07, 6.45) is 0.916. The van der Waals surface area contributed by atoms with Crippen molar-refractivity contribution in [3.63, 3.8) is 0 Å². The van der Waals surface area contributed by atoms with E-state index < -0.39 is 10.0 Å². The topological polar surface area (TPSA) is 75.7 Å². The van der Waals surface area contributed by atoms with E-state index in [4.69, 9.17) is 16.3 Å². The van der Waals surface area contributed by atoms with Gasteiger partial charge >= 0.3 is 0 Å². The number of carbonyl (C=O) groups excluding carboxylic acids is 1. The SMILES string of the molecule is CN(CC(=O)NC[C@@H]1CCOC1)S(=O)(=O)c1ccc(Cl)cc1. The van der Waals surface area contributed by atoms with E-state index in [1.165, 1.54) is 31.3 Å². The molecule has 1 aliphatic heterocycles. The van der Waals surface area contributed by atoms with Crippen molar-refractivity contribution in [2.45, 2.75) is 11.3 Å². The van der Waals surface area contributed by atoms with Gasteiger partial charge in [-0.1, -0.05) is 11.6 Å². The summed E-state index contributed by atoms with van der Waals surface area (Å²) in [5.41, 5.74) is 0. The lowest BCUT2D eigenvalue weighted by atomic mass is 10.1. The monoisotopic (exact) mass is 346 g/mol. The van der Waals surface area contributed by atoms with E-state index in [0.717, 1.165) is 10.7 Å². The molecule has 6 nitrogen and oxygen atoms in total. The number of carbonyl (C=O) groups is 1. The van der Waals surface area contributed by atoms with Crippen molar-refractivity contribution in [3.8, 4) is 0 Å². The van der Waals surface area contributed by atoms with Crippen LogP contribution >= 0.6 is 11.6 Å². The summed E-state index contributed by atoms with van der Waals surface area (Å²) < 4.78 is 30.9. The van der Waals surface area contributed by atoms with Crippen LogP contribution in [0.5, 0.6) is 0 Å². The van der Waals surface area contributed by atoms with Gasteiger partial charge in [0.05, 0.1) is 18.0 Å². The highest BCUT2D eigenvalue weighted by Crippen LogP contribution is 2.17. The normalized spacial score (nSPS) is 18.6. The maximum absolute atomic E-state index is 12.3. The lowest BCUT2D eigenvalue weighted by Gasteiger charge is -2.17. The summed E-state index contributed by atoms with van der Waals surface area (Å²) in [5.74, 6) is -0.0194. The van der Waals surface area contributed by atoms with Gasteiger partial charge in [-0.05, 0) is 30.7 Å². The van der Waals surface area contributed by atoms with E-state index in [9.17, 15) is 13.2 Å². The zero-order chi connectivity index (χ0) is 16.2. The molecule has 2 rings (SSSR count). The lowest BCUT2D eigenvalue weighted by molar-refractivity contribution is -0.121. The molecule has 0 bridgehead atoms. The molecule has 1 atom stereocenters. The smallest absolute Gasteiger partial charge is 0.243 e. The van der Waals surface area contributed by atoms with E-state index in [2.05, 4.69) is 5.32 Å². The van der Waals surface area contributed by atoms with Crippen molar-refractivity contribution in [3.05, 3.63) is 29.3 Å². The van der Waals surface area contributed by atoms with Crippen LogP contribution in [-0.2, 0) is 19.6 Å². The van der Waals surface area contributed by atoms with Gasteiger partial charge in [0.15, 0.2) is 0 Å². The Morgan fingerprint density at radius 1 is 1.41 bits per heavy atom. The summed E-state index contributed by atoms with van der Waals surface area (Å²) in [6, 6.07) is 5.84. The van der Waals surface area contributed by atoms with Crippen LogP contribution in [0.2, 0.25) is 5.02 Å². The van der Waals surface area contributed by atoms with Crippen molar-refractivity contribution in [1.82, 2.24) is 9.62 Å². The largest absolute Gasteiger partial charge is 0.381 e. The van der Waals surface area contributed by atoms with Gasteiger partial charge in [0.1, 0.15) is 0 Å². The van der Waals surface area contributed by atoms with E-state index >= 15 is 0 Å². The third-order valence-electron chi connectivity index (χ3n) is 3.50. The van der Waals surface area contributed by atoms with Gasteiger partial charge in [0.2, 0.25) is 15.9 Å². The maximum Gasteiger partial charge on any atom is 0.243 e. The number of hydrogen-bond acceptors (Lipinski definition) is 4. The van der Waals surface area contributed by atoms with Gasteiger partial charge < -0.3 is 10.1 Å². The number of halogens is 1. The number of likely N-dealkylation sites (N-methyl/N-ethyl adjacent to an activating group) is 1. The number of nitrogens with one attached hydrogen (secondary N) is 1. The third-order valence-corrected chi connectivity index (χ3v) is 5.57. The summed E-state index contributed by atoms with van der Waals surface area (Å²) in [5, 5.41) is 3.20. The van der Waals surface area contributed by atoms with Gasteiger partial charge in [-0.3, -0.25) is 4.79 Å². The fourth-order valence-electron chi connectivity index (χ4n) is 2.13. The van der Waals surface area contributed by atoms with Crippen molar-refractivity contribution < 1.29 is 17.9 Å². The molecule has 0 radical (unpaired) electrons. The molecule has 1 N–H and O–H groups in total. The van der Waals surface area contributed by atoms with Gasteiger partial charge in [0.25, 0.3) is 0 Å². The fourth-order valence-corrected chi connectivity index (χ4v) is 3.39. The first-order chi connectivity index (χ1) is 10.4. The second-order valence-corrected chi connectivity index (χ2v) is 7.73. The lowest BCUT2D eigenvalue weighted by Crippen LogP contribution is -2.40. The molecule has 0 aromatic heterocycles. The summed E-state index contributed by atoms with van der Waals surface area (Å²) in [4.78, 5) is 12.0. The van der Waals surface area contributed by atoms with Crippen LogP contribution < -0.4 is 5.32 Å². The Kier molecular flexibility index (Phi) is 5.80. The number of rotatable bonds is 6. The van der Waals surface area contributed by atoms with E-state index in [1.54, 1.807) is 0 Å². The third kappa shape index (κ3) is 4.42. The van der Waals surface area contributed by atoms with Crippen molar-refractivity contribution in [1.29, 1.82) is 0 Å². The molecule has 122 valence electrons. The number of amides is 1. The average molecular weight is 347 g/mol. The predicted molar refractivity (Wildman–Crippen MR) is 83.2 cm³/mol. The minimum Gasteiger partial charge on any atom is -0.381 e. The Balaban J connectivity index is 1.90. The number of benzene rings is 1. The Morgan fingerprint density at radius 3 is 2.68 bits per heavy atom. The molecule has 1 aromatic rings. The first-order valence-corrected chi connectivity index (χ1v) is 8.78. The molecule has 22 heavy (non-hydrogen) atoms. The first-order valence-electron chi connectivity index (χ1n) is 6.96. The fraction of sp³-hybridized carbons (Fsp3) is 0.500. The zero-order valence-electron chi connectivity index (χ0n) is 12.3. The van der Waals surface area contributed by atoms with E-state index in [0.29, 0.717) is 30.7 Å². The first kappa shape index (κ1) is 17.2. The number of ether oxygens (including phenoxy) is 1. The molecule has 0 unspecified atom stereocenters. The molecule has 0 saturated carbocycles. The number of nitrogens with zero attached hydrogens (tertiary/aromatic N) is 1. The summed E-state index contributed by atoms with van der Waals surface area (Å²) in [6.45, 7) is 1.64. The highest BCUT2D eigenvalue weighted by Gasteiger charge is 2.23. The van der Waals surface area contributed by atoms with Gasteiger partial charge in [-0.25, -0.2) is 8.42 Å². The van der Waals surface area contributed by atoms with Crippen LogP contribution in [0.3, 0.4) is 0 Å². The Morgan fingerprint density at radius 2 is 2.09 bits per heavy atom. The molecule has 1 saturated heterocycles. The summed E-state index contributed by atoms with van der Waals surface area (Å²) >= 11 is 5.75. The molecule has 1 aliphatic rings. The van der Waals surface area contributed by atoms with Gasteiger partial charge in [-0.2, -0.15) is 4.31 Å². The highest BCUT2D eigenvalue weighted by atomic mass is 35.5. The standard InChI is InChI=1S/C14H19ClN2O4S/c1-17(9-14(18)16-8-11-6-7-21-10-11)22(19,20)13-4-2-12(15)3-5-13/h2-5,11H,6-10H2,1H3,(H,16,18)/t11-/m0/s1. The minimum absolute atomic E-state index is 0.108. The quantitative estimate of drug-likeness (QED) is 0.837. The maximum atomic E-state index is 12.3. The molecule has 8 heteroatoms. The molecule has 1 heterocycles. The Labute approximate surface area is 135 Å². The van der Waals surface area contributed by atoms with Gasteiger partial charge in [0, 0.05) is 31.1 Å². The Bertz CT molecular complexity index is 612. The molecule has 1 amide bonds. The van der Waals surface area contributed by atoms with Crippen LogP contribution in [0.15, 0.2) is 29.2 Å². The molecule has 1 fully saturated rings. The average Bonchev–Trinajstić information content (AvgIpc) is 2.99. The number of sulfonamides is 1. The zero-order valence-corrected chi connectivity index (χ0v) is 13.9. The highest BCUT2D eigenvalue weighted by molar-refractivity contribution is 7.89. The van der Waals surface area contributed by atoms with Crippen LogP contribution in [0.4, 0.5) is 0 Å². The van der Waals surface area contributed by atoms with E-state index in [-0.39, 0.29) is 17.3 Å². The Hall–Kier alpha value is -1.15. The van der Waals surface area contributed by atoms with Gasteiger partial charge in [-0.15, -0.1) is 0 Å². The van der Waals surface area contributed by atoms with Crippen molar-refractivity contribution in [2.75, 3.05) is 33.4 Å². The predicted octanol–water partition coefficient (Wildman–Crippen LogP) is 1.11. The molecular weight excluding hydrogens is 328 g/mol. The van der Waals surface area contributed by atoms with Crippen LogP contribution in [-0.4, -0.2) is 52.0 Å². The molecule has 0 spiro atoms. The molecule has 1 aromatic carbocycles. The molecular formula is C14H19ClN2O4S. The van der Waals surface area contributed by atoms with Crippen LogP contribution in [0.25, 0.3) is 0 Å². The summed E-state index contributed by atoms with van der Waals surface area (Å²) in [7, 11) is -2.32. The minimum atomic E-state index is -3.70. The second-order valence-electron chi connectivity index (χ2n) is 5.25. The van der Waals surface area contributed by atoms with Crippen molar-refractivity contribution in [2.24, 2.45) is 5.92 Å². The second kappa shape index (κ2) is 7.41.